The second-order valence-electron chi connectivity index (χ2n) is 5.83. The van der Waals surface area contributed by atoms with Crippen LogP contribution in [0.4, 0.5) is 0 Å². The van der Waals surface area contributed by atoms with E-state index in [2.05, 4.69) is 9.97 Å². The third-order valence-corrected chi connectivity index (χ3v) is 4.21. The highest BCUT2D eigenvalue weighted by atomic mass is 16.5. The van der Waals surface area contributed by atoms with Crippen molar-refractivity contribution in [3.8, 4) is 5.75 Å². The van der Waals surface area contributed by atoms with Crippen LogP contribution in [0.2, 0.25) is 0 Å². The molecule has 120 valence electrons. The van der Waals surface area contributed by atoms with E-state index >= 15 is 0 Å². The van der Waals surface area contributed by atoms with Crippen LogP contribution >= 0.6 is 0 Å². The number of nitrogens with zero attached hydrogens (tertiary/aromatic N) is 3. The second-order valence-corrected chi connectivity index (χ2v) is 5.83. The maximum atomic E-state index is 12.5. The first-order chi connectivity index (χ1) is 11.8. The van der Waals surface area contributed by atoms with E-state index in [1.807, 2.05) is 36.4 Å². The number of rotatable bonds is 3. The van der Waals surface area contributed by atoms with Gasteiger partial charge in [-0.2, -0.15) is 0 Å². The van der Waals surface area contributed by atoms with Crippen LogP contribution in [-0.2, 0) is 0 Å². The third kappa shape index (κ3) is 2.80. The molecular weight excluding hydrogens is 302 g/mol. The summed E-state index contributed by atoms with van der Waals surface area (Å²) in [5.74, 6) is 0.725. The lowest BCUT2D eigenvalue weighted by Gasteiger charge is -2.17. The number of para-hydroxylation sites is 1. The summed E-state index contributed by atoms with van der Waals surface area (Å²) < 4.78 is 6.13. The zero-order chi connectivity index (χ0) is 16.4. The molecule has 2 aromatic heterocycles. The average molecular weight is 319 g/mol. The molecule has 0 unspecified atom stereocenters. The minimum atomic E-state index is -0.0438. The van der Waals surface area contributed by atoms with Gasteiger partial charge in [-0.05, 0) is 24.3 Å². The standard InChI is InChI=1S/C19H17N3O2/c23-19(16-7-1-2-10-20-16)22-12-9-15(13-22)24-17-8-3-5-14-6-4-11-21-18(14)17/h1-8,10-11,15H,9,12-13H2/t15-/m0/s1. The number of hydrogen-bond donors (Lipinski definition) is 0. The molecule has 1 atom stereocenters. The Morgan fingerprint density at radius 1 is 1.04 bits per heavy atom. The summed E-state index contributed by atoms with van der Waals surface area (Å²) >= 11 is 0. The molecule has 1 fully saturated rings. The van der Waals surface area contributed by atoms with Crippen LogP contribution in [0.15, 0.2) is 60.9 Å². The van der Waals surface area contributed by atoms with Crippen molar-refractivity contribution in [2.45, 2.75) is 12.5 Å². The van der Waals surface area contributed by atoms with Crippen LogP contribution < -0.4 is 4.74 Å². The molecule has 0 bridgehead atoms. The number of carbonyl (C=O) groups excluding carboxylic acids is 1. The Labute approximate surface area is 139 Å². The smallest absolute Gasteiger partial charge is 0.272 e. The monoisotopic (exact) mass is 319 g/mol. The fourth-order valence-electron chi connectivity index (χ4n) is 3.01. The molecule has 24 heavy (non-hydrogen) atoms. The highest BCUT2D eigenvalue weighted by Gasteiger charge is 2.29. The van der Waals surface area contributed by atoms with Crippen molar-refractivity contribution in [3.63, 3.8) is 0 Å². The molecule has 4 rings (SSSR count). The predicted molar refractivity (Wildman–Crippen MR) is 90.9 cm³/mol. The van der Waals surface area contributed by atoms with Gasteiger partial charge in [0.05, 0.1) is 6.54 Å². The van der Waals surface area contributed by atoms with Crippen molar-refractivity contribution in [3.05, 3.63) is 66.6 Å². The largest absolute Gasteiger partial charge is 0.486 e. The number of fused-ring (bicyclic) bond motifs is 1. The topological polar surface area (TPSA) is 55.3 Å². The summed E-state index contributed by atoms with van der Waals surface area (Å²) in [4.78, 5) is 22.8. The highest BCUT2D eigenvalue weighted by molar-refractivity contribution is 5.92. The Morgan fingerprint density at radius 3 is 2.79 bits per heavy atom. The first-order valence-electron chi connectivity index (χ1n) is 8.02. The van der Waals surface area contributed by atoms with Gasteiger partial charge in [-0.15, -0.1) is 0 Å². The van der Waals surface area contributed by atoms with Crippen molar-refractivity contribution < 1.29 is 9.53 Å². The number of hydrogen-bond acceptors (Lipinski definition) is 4. The maximum Gasteiger partial charge on any atom is 0.272 e. The predicted octanol–water partition coefficient (Wildman–Crippen LogP) is 2.92. The van der Waals surface area contributed by atoms with Crippen molar-refractivity contribution >= 4 is 16.8 Å². The van der Waals surface area contributed by atoms with Crippen molar-refractivity contribution in [2.24, 2.45) is 0 Å². The Morgan fingerprint density at radius 2 is 1.92 bits per heavy atom. The number of benzene rings is 1. The quantitative estimate of drug-likeness (QED) is 0.745. The van der Waals surface area contributed by atoms with Gasteiger partial charge in [0.25, 0.3) is 5.91 Å². The second kappa shape index (κ2) is 6.28. The molecule has 3 aromatic rings. The number of carbonyl (C=O) groups is 1. The van der Waals surface area contributed by atoms with Crippen LogP contribution in [0.25, 0.3) is 10.9 Å². The molecule has 3 heterocycles. The van der Waals surface area contributed by atoms with Crippen LogP contribution in [0.5, 0.6) is 5.75 Å². The van der Waals surface area contributed by atoms with Gasteiger partial charge in [-0.3, -0.25) is 14.8 Å². The molecule has 1 aliphatic heterocycles. The molecule has 1 saturated heterocycles. The lowest BCUT2D eigenvalue weighted by atomic mass is 10.2. The summed E-state index contributed by atoms with van der Waals surface area (Å²) in [5.41, 5.74) is 1.33. The molecule has 0 saturated carbocycles. The average Bonchev–Trinajstić information content (AvgIpc) is 3.11. The van der Waals surface area contributed by atoms with E-state index in [0.717, 1.165) is 23.1 Å². The SMILES string of the molecule is O=C(c1ccccn1)N1CC[C@H](Oc2cccc3cccnc23)C1. The van der Waals surface area contributed by atoms with Gasteiger partial charge in [0, 0.05) is 30.7 Å². The van der Waals surface area contributed by atoms with E-state index in [9.17, 15) is 4.79 Å². The molecule has 1 aliphatic rings. The maximum absolute atomic E-state index is 12.5. The Hall–Kier alpha value is -2.95. The molecule has 1 aromatic carbocycles. The summed E-state index contributed by atoms with van der Waals surface area (Å²) in [7, 11) is 0. The summed E-state index contributed by atoms with van der Waals surface area (Å²) in [5, 5.41) is 1.05. The number of pyridine rings is 2. The fraction of sp³-hybridized carbons (Fsp3) is 0.211. The first kappa shape index (κ1) is 14.6. The molecule has 0 spiro atoms. The zero-order valence-electron chi connectivity index (χ0n) is 13.1. The van der Waals surface area contributed by atoms with Gasteiger partial charge in [0.1, 0.15) is 23.1 Å². The molecule has 0 N–H and O–H groups in total. The summed E-state index contributed by atoms with van der Waals surface area (Å²) in [6, 6.07) is 15.2. The number of aromatic nitrogens is 2. The zero-order valence-corrected chi connectivity index (χ0v) is 13.1. The Bertz CT molecular complexity index is 861. The van der Waals surface area contributed by atoms with E-state index < -0.39 is 0 Å². The van der Waals surface area contributed by atoms with E-state index in [-0.39, 0.29) is 12.0 Å². The minimum Gasteiger partial charge on any atom is -0.486 e. The van der Waals surface area contributed by atoms with Crippen LogP contribution in [-0.4, -0.2) is 40.0 Å². The van der Waals surface area contributed by atoms with E-state index in [1.54, 1.807) is 29.4 Å². The van der Waals surface area contributed by atoms with Gasteiger partial charge in [0.2, 0.25) is 0 Å². The molecular formula is C19H17N3O2. The minimum absolute atomic E-state index is 0.0229. The number of amides is 1. The van der Waals surface area contributed by atoms with Gasteiger partial charge < -0.3 is 9.64 Å². The summed E-state index contributed by atoms with van der Waals surface area (Å²) in [6.07, 6.45) is 4.19. The molecule has 0 radical (unpaired) electrons. The first-order valence-corrected chi connectivity index (χ1v) is 8.02. The fourth-order valence-corrected chi connectivity index (χ4v) is 3.01. The highest BCUT2D eigenvalue weighted by Crippen LogP contribution is 2.26. The van der Waals surface area contributed by atoms with Gasteiger partial charge >= 0.3 is 0 Å². The lowest BCUT2D eigenvalue weighted by molar-refractivity contribution is 0.0767. The Kier molecular flexibility index (Phi) is 3.83. The van der Waals surface area contributed by atoms with Crippen LogP contribution in [0.1, 0.15) is 16.9 Å². The molecule has 5 heteroatoms. The van der Waals surface area contributed by atoms with Gasteiger partial charge in [0.15, 0.2) is 0 Å². The van der Waals surface area contributed by atoms with Crippen molar-refractivity contribution in [1.82, 2.24) is 14.9 Å². The normalized spacial score (nSPS) is 17.2. The van der Waals surface area contributed by atoms with Crippen LogP contribution in [0, 0.1) is 0 Å². The van der Waals surface area contributed by atoms with Gasteiger partial charge in [-0.1, -0.05) is 24.3 Å². The lowest BCUT2D eigenvalue weighted by Crippen LogP contribution is -2.31. The summed E-state index contributed by atoms with van der Waals surface area (Å²) in [6.45, 7) is 1.25. The van der Waals surface area contributed by atoms with Crippen molar-refractivity contribution in [2.75, 3.05) is 13.1 Å². The van der Waals surface area contributed by atoms with Crippen LogP contribution in [0.3, 0.4) is 0 Å². The third-order valence-electron chi connectivity index (χ3n) is 4.21. The number of likely N-dealkylation sites (tertiary alicyclic amines) is 1. The Balaban J connectivity index is 1.48. The molecule has 0 aliphatic carbocycles. The van der Waals surface area contributed by atoms with E-state index in [4.69, 9.17) is 4.74 Å². The van der Waals surface area contributed by atoms with E-state index in [0.29, 0.717) is 18.8 Å². The number of ether oxygens (including phenoxy) is 1. The van der Waals surface area contributed by atoms with E-state index in [1.165, 1.54) is 0 Å². The van der Waals surface area contributed by atoms with Crippen molar-refractivity contribution in [1.29, 1.82) is 0 Å². The van der Waals surface area contributed by atoms with Gasteiger partial charge in [-0.25, -0.2) is 0 Å². The molecule has 5 nitrogen and oxygen atoms in total. The molecule has 1 amide bonds.